The lowest BCUT2D eigenvalue weighted by Gasteiger charge is -2.31. The first kappa shape index (κ1) is 12.8. The summed E-state index contributed by atoms with van der Waals surface area (Å²) in [6.07, 6.45) is 1.57. The number of halogens is 1. The lowest BCUT2D eigenvalue weighted by atomic mass is 10.2. The molecule has 7 heteroatoms. The number of hydrogen-bond donors (Lipinski definition) is 1. The summed E-state index contributed by atoms with van der Waals surface area (Å²) in [6.45, 7) is 3.34. The van der Waals surface area contributed by atoms with E-state index in [2.05, 4.69) is 15.2 Å². The SMILES string of the molecule is COC(=O)C(c1ncc(Cl)s1)N1CCNCC1. The molecule has 0 radical (unpaired) electrons. The van der Waals surface area contributed by atoms with E-state index in [9.17, 15) is 4.79 Å². The maximum absolute atomic E-state index is 11.9. The van der Waals surface area contributed by atoms with Crippen molar-refractivity contribution in [1.82, 2.24) is 15.2 Å². The third-order valence-electron chi connectivity index (χ3n) is 2.67. The average molecular weight is 276 g/mol. The molecule has 1 atom stereocenters. The Balaban J connectivity index is 2.21. The maximum atomic E-state index is 11.9. The Hall–Kier alpha value is -0.690. The van der Waals surface area contributed by atoms with E-state index in [0.29, 0.717) is 9.34 Å². The maximum Gasteiger partial charge on any atom is 0.330 e. The van der Waals surface area contributed by atoms with Gasteiger partial charge in [-0.3, -0.25) is 4.90 Å². The molecule has 1 N–H and O–H groups in total. The third-order valence-corrected chi connectivity index (χ3v) is 3.84. The lowest BCUT2D eigenvalue weighted by Crippen LogP contribution is -2.47. The van der Waals surface area contributed by atoms with Gasteiger partial charge in [-0.1, -0.05) is 11.6 Å². The van der Waals surface area contributed by atoms with Crippen LogP contribution in [0.1, 0.15) is 11.0 Å². The van der Waals surface area contributed by atoms with E-state index in [1.54, 1.807) is 6.20 Å². The van der Waals surface area contributed by atoms with Crippen LogP contribution in [0.4, 0.5) is 0 Å². The molecule has 94 valence electrons. The van der Waals surface area contributed by atoms with Gasteiger partial charge >= 0.3 is 5.97 Å². The van der Waals surface area contributed by atoms with Crippen LogP contribution in [0, 0.1) is 0 Å². The van der Waals surface area contributed by atoms with Crippen LogP contribution in [0.3, 0.4) is 0 Å². The van der Waals surface area contributed by atoms with Gasteiger partial charge in [0.2, 0.25) is 0 Å². The number of hydrogen-bond acceptors (Lipinski definition) is 6. The molecule has 1 aromatic rings. The summed E-state index contributed by atoms with van der Waals surface area (Å²) in [5.74, 6) is -0.280. The fourth-order valence-corrected chi connectivity index (χ4v) is 2.90. The number of carbonyl (C=O) groups excluding carboxylic acids is 1. The van der Waals surface area contributed by atoms with Gasteiger partial charge in [0.1, 0.15) is 9.34 Å². The fraction of sp³-hybridized carbons (Fsp3) is 0.600. The topological polar surface area (TPSA) is 54.5 Å². The molecule has 1 aliphatic heterocycles. The summed E-state index contributed by atoms with van der Waals surface area (Å²) in [5, 5.41) is 3.94. The highest BCUT2D eigenvalue weighted by molar-refractivity contribution is 7.16. The molecule has 5 nitrogen and oxygen atoms in total. The van der Waals surface area contributed by atoms with Crippen LogP contribution in [0.25, 0.3) is 0 Å². The van der Waals surface area contributed by atoms with Crippen molar-refractivity contribution >= 4 is 28.9 Å². The van der Waals surface area contributed by atoms with E-state index in [0.717, 1.165) is 26.2 Å². The second-order valence-corrected chi connectivity index (χ2v) is 5.41. The van der Waals surface area contributed by atoms with Crippen LogP contribution in [0.5, 0.6) is 0 Å². The number of carbonyl (C=O) groups is 1. The van der Waals surface area contributed by atoms with Crippen LogP contribution in [0.2, 0.25) is 4.34 Å². The number of piperazine rings is 1. The summed E-state index contributed by atoms with van der Waals surface area (Å²) in [6, 6.07) is -0.431. The normalized spacial score (nSPS) is 18.9. The highest BCUT2D eigenvalue weighted by Gasteiger charge is 2.31. The molecule has 17 heavy (non-hydrogen) atoms. The number of ether oxygens (including phenoxy) is 1. The minimum atomic E-state index is -0.431. The first-order valence-corrected chi connectivity index (χ1v) is 6.55. The monoisotopic (exact) mass is 275 g/mol. The van der Waals surface area contributed by atoms with Crippen molar-refractivity contribution in [3.05, 3.63) is 15.5 Å². The molecule has 0 aliphatic carbocycles. The molecule has 0 aromatic carbocycles. The Morgan fingerprint density at radius 2 is 2.35 bits per heavy atom. The van der Waals surface area contributed by atoms with Crippen molar-refractivity contribution in [2.45, 2.75) is 6.04 Å². The first-order valence-electron chi connectivity index (χ1n) is 5.36. The van der Waals surface area contributed by atoms with E-state index in [1.807, 2.05) is 0 Å². The molecule has 1 saturated heterocycles. The Morgan fingerprint density at radius 1 is 1.65 bits per heavy atom. The molecular weight excluding hydrogens is 262 g/mol. The smallest absolute Gasteiger partial charge is 0.330 e. The van der Waals surface area contributed by atoms with Crippen molar-refractivity contribution in [3.63, 3.8) is 0 Å². The summed E-state index contributed by atoms with van der Waals surface area (Å²) < 4.78 is 5.44. The van der Waals surface area contributed by atoms with Crippen LogP contribution in [0.15, 0.2) is 6.20 Å². The van der Waals surface area contributed by atoms with Crippen molar-refractivity contribution in [1.29, 1.82) is 0 Å². The Kier molecular flexibility index (Phi) is 4.33. The molecule has 2 rings (SSSR count). The van der Waals surface area contributed by atoms with Crippen LogP contribution in [-0.2, 0) is 9.53 Å². The van der Waals surface area contributed by atoms with Gasteiger partial charge in [0.05, 0.1) is 13.3 Å². The number of esters is 1. The molecule has 0 bridgehead atoms. The van der Waals surface area contributed by atoms with Gasteiger partial charge < -0.3 is 10.1 Å². The number of rotatable bonds is 3. The first-order chi connectivity index (χ1) is 8.22. The van der Waals surface area contributed by atoms with Gasteiger partial charge in [-0.25, -0.2) is 9.78 Å². The van der Waals surface area contributed by atoms with Crippen LogP contribution < -0.4 is 5.32 Å². The van der Waals surface area contributed by atoms with E-state index in [-0.39, 0.29) is 5.97 Å². The lowest BCUT2D eigenvalue weighted by molar-refractivity contribution is -0.147. The number of thiazole rings is 1. The standard InChI is InChI=1S/C10H14ClN3O2S/c1-16-10(15)8(9-13-6-7(11)17-9)14-4-2-12-3-5-14/h6,8,12H,2-5H2,1H3. The summed E-state index contributed by atoms with van der Waals surface area (Å²) in [4.78, 5) is 18.1. The molecule has 0 spiro atoms. The molecule has 0 amide bonds. The Labute approximate surface area is 109 Å². The largest absolute Gasteiger partial charge is 0.468 e. The minimum Gasteiger partial charge on any atom is -0.468 e. The van der Waals surface area contributed by atoms with E-state index in [1.165, 1.54) is 18.4 Å². The predicted molar refractivity (Wildman–Crippen MR) is 66.3 cm³/mol. The number of nitrogens with zero attached hydrogens (tertiary/aromatic N) is 2. The number of aromatic nitrogens is 1. The van der Waals surface area contributed by atoms with Crippen LogP contribution >= 0.6 is 22.9 Å². The van der Waals surface area contributed by atoms with Crippen molar-refractivity contribution < 1.29 is 9.53 Å². The third kappa shape index (κ3) is 2.95. The molecule has 1 aliphatic rings. The predicted octanol–water partition coefficient (Wildman–Crippen LogP) is 0.916. The summed E-state index contributed by atoms with van der Waals surface area (Å²) >= 11 is 7.19. The molecular formula is C10H14ClN3O2S. The number of methoxy groups -OCH3 is 1. The zero-order valence-electron chi connectivity index (χ0n) is 9.48. The second-order valence-electron chi connectivity index (χ2n) is 3.71. The van der Waals surface area contributed by atoms with Crippen molar-refractivity contribution in [3.8, 4) is 0 Å². The van der Waals surface area contributed by atoms with E-state index < -0.39 is 6.04 Å². The Morgan fingerprint density at radius 3 is 2.88 bits per heavy atom. The molecule has 2 heterocycles. The zero-order valence-corrected chi connectivity index (χ0v) is 11.1. The second kappa shape index (κ2) is 5.77. The average Bonchev–Trinajstić information content (AvgIpc) is 2.77. The van der Waals surface area contributed by atoms with E-state index >= 15 is 0 Å². The summed E-state index contributed by atoms with van der Waals surface area (Å²) in [7, 11) is 1.40. The highest BCUT2D eigenvalue weighted by Crippen LogP contribution is 2.29. The minimum absolute atomic E-state index is 0.280. The molecule has 0 saturated carbocycles. The molecule has 1 fully saturated rings. The molecule has 1 unspecified atom stereocenters. The van der Waals surface area contributed by atoms with Crippen molar-refractivity contribution in [2.75, 3.05) is 33.3 Å². The van der Waals surface area contributed by atoms with E-state index in [4.69, 9.17) is 16.3 Å². The van der Waals surface area contributed by atoms with Gasteiger partial charge in [0.15, 0.2) is 6.04 Å². The van der Waals surface area contributed by atoms with Gasteiger partial charge in [-0.15, -0.1) is 11.3 Å². The zero-order chi connectivity index (χ0) is 12.3. The van der Waals surface area contributed by atoms with Gasteiger partial charge in [-0.05, 0) is 0 Å². The van der Waals surface area contributed by atoms with Gasteiger partial charge in [0, 0.05) is 26.2 Å². The van der Waals surface area contributed by atoms with Gasteiger partial charge in [-0.2, -0.15) is 0 Å². The highest BCUT2D eigenvalue weighted by atomic mass is 35.5. The summed E-state index contributed by atoms with van der Waals surface area (Å²) in [5.41, 5.74) is 0. The molecule has 1 aromatic heterocycles. The number of nitrogens with one attached hydrogen (secondary N) is 1. The quantitative estimate of drug-likeness (QED) is 0.832. The van der Waals surface area contributed by atoms with Gasteiger partial charge in [0.25, 0.3) is 0 Å². The fourth-order valence-electron chi connectivity index (χ4n) is 1.85. The van der Waals surface area contributed by atoms with Crippen LogP contribution in [-0.4, -0.2) is 49.1 Å². The van der Waals surface area contributed by atoms with Crippen molar-refractivity contribution in [2.24, 2.45) is 0 Å². The Bertz CT molecular complexity index is 393.